The zero-order valence-electron chi connectivity index (χ0n) is 73.8. The number of fused-ring (bicyclic) bond motifs is 18. The maximum Gasteiger partial charge on any atom is 0.0570 e. The van der Waals surface area contributed by atoms with Gasteiger partial charge in [0.25, 0.3) is 0 Å². The molecule has 0 atom stereocenters. The summed E-state index contributed by atoms with van der Waals surface area (Å²) in [6, 6.07) is 144. The average Bonchev–Trinajstić information content (AvgIpc) is 1.61. The molecule has 0 amide bonds. The molecule has 0 N–H and O–H groups in total. The summed E-state index contributed by atoms with van der Waals surface area (Å²) in [5.74, 6) is 0. The van der Waals surface area contributed by atoms with Crippen molar-refractivity contribution < 1.29 is 0 Å². The van der Waals surface area contributed by atoms with Crippen LogP contribution in [0.25, 0.3) is 165 Å². The van der Waals surface area contributed by atoms with Gasteiger partial charge in [-0.1, -0.05) is 294 Å². The topological polar surface area (TPSA) is 29.6 Å². The molecule has 0 aliphatic heterocycles. The third-order valence-corrected chi connectivity index (χ3v) is 25.0. The fraction of sp³-hybridized carbons (Fsp3) is 0.100. The molecule has 6 nitrogen and oxygen atoms in total. The van der Waals surface area contributed by atoms with Crippen LogP contribution < -0.4 is 0 Å². The van der Waals surface area contributed by atoms with Crippen LogP contribution in [0.3, 0.4) is 0 Å². The first-order chi connectivity index (χ1) is 61.5. The van der Waals surface area contributed by atoms with Crippen molar-refractivity contribution in [3.63, 3.8) is 0 Å². The standard InChI is InChI=1S/6C20H17N/c1-14-11-12-20-17(13-14)16-8-4-6-10-19(16)21(20)18-9-5-3-7-15(18)2;1-14-6-5-7-16(12-14)21-19-9-4-3-8-17(19)18-13-15(2)10-11-20(18)21;1-14-10-12-16(13-11-14)21-19-9-4-3-7-17(19)18-8-5-6-15(2)20(18)21;1-14-10-12-16(13-11-14)21-18-8-4-3-7-17(18)20-15(2)6-5-9-19(20)21;1-14-8-6-12-17-18-13-7-9-15(2)20(18)21(19(14)17)16-10-4-3-5-11-16;1-14-7-10-16(11-8-14)21-19-6-4-3-5-17(19)18-13-15(2)9-12-20(18)21/h6*3-13H,1-2H3. The van der Waals surface area contributed by atoms with E-state index >= 15 is 0 Å². The van der Waals surface area contributed by atoms with Gasteiger partial charge < -0.3 is 27.4 Å². The van der Waals surface area contributed by atoms with Gasteiger partial charge in [0.2, 0.25) is 0 Å². The van der Waals surface area contributed by atoms with Gasteiger partial charge in [-0.15, -0.1) is 0 Å². The fourth-order valence-electron chi connectivity index (χ4n) is 19.0. The Morgan fingerprint density at radius 1 is 0.135 bits per heavy atom. The largest absolute Gasteiger partial charge is 0.309 e. The second-order valence-electron chi connectivity index (χ2n) is 34.0. The molecule has 18 aromatic carbocycles. The molecule has 0 saturated carbocycles. The van der Waals surface area contributed by atoms with Crippen LogP contribution in [0.2, 0.25) is 0 Å². The zero-order chi connectivity index (χ0) is 86.4. The first-order valence-corrected chi connectivity index (χ1v) is 43.9. The van der Waals surface area contributed by atoms with Crippen molar-refractivity contribution in [2.24, 2.45) is 0 Å². The molecule has 0 aliphatic rings. The number of hydrogen-bond donors (Lipinski definition) is 0. The van der Waals surface area contributed by atoms with Crippen molar-refractivity contribution in [1.82, 2.24) is 27.4 Å². The molecular weight excluding hydrogens is 1530 g/mol. The number of para-hydroxylation sites is 10. The lowest BCUT2D eigenvalue weighted by molar-refractivity contribution is 1.15. The number of benzene rings is 18. The van der Waals surface area contributed by atoms with Crippen molar-refractivity contribution in [2.75, 3.05) is 0 Å². The molecule has 0 spiro atoms. The smallest absolute Gasteiger partial charge is 0.0570 e. The molecule has 6 aromatic heterocycles. The molecule has 0 fully saturated rings. The van der Waals surface area contributed by atoms with Crippen LogP contribution in [0, 0.1) is 83.1 Å². The van der Waals surface area contributed by atoms with E-state index in [1.54, 1.807) is 0 Å². The highest BCUT2D eigenvalue weighted by Gasteiger charge is 2.21. The fourth-order valence-corrected chi connectivity index (χ4v) is 19.0. The number of rotatable bonds is 6. The number of aryl methyl sites for hydroxylation is 12. The van der Waals surface area contributed by atoms with Gasteiger partial charge in [0.05, 0.1) is 66.2 Å². The highest BCUT2D eigenvalue weighted by atomic mass is 15.0. The second-order valence-corrected chi connectivity index (χ2v) is 34.0. The Kier molecular flexibility index (Phi) is 21.9. The molecule has 24 aromatic rings. The second kappa shape index (κ2) is 34.2. The third-order valence-electron chi connectivity index (χ3n) is 25.0. The molecule has 6 heteroatoms. The molecule has 6 heterocycles. The minimum absolute atomic E-state index is 1.22. The van der Waals surface area contributed by atoms with E-state index in [4.69, 9.17) is 0 Å². The van der Waals surface area contributed by atoms with Crippen LogP contribution in [-0.4, -0.2) is 27.4 Å². The van der Waals surface area contributed by atoms with Crippen LogP contribution in [0.1, 0.15) is 66.8 Å². The Balaban J connectivity index is 0.0000000987. The first kappa shape index (κ1) is 80.5. The summed E-state index contributed by atoms with van der Waals surface area (Å²) in [7, 11) is 0. The third kappa shape index (κ3) is 15.0. The summed E-state index contributed by atoms with van der Waals surface area (Å²) >= 11 is 0. The minimum atomic E-state index is 1.22. The summed E-state index contributed by atoms with van der Waals surface area (Å²) in [6.07, 6.45) is 0. The van der Waals surface area contributed by atoms with Crippen LogP contribution >= 0.6 is 0 Å². The van der Waals surface area contributed by atoms with Crippen LogP contribution in [0.4, 0.5) is 0 Å². The highest BCUT2D eigenvalue weighted by molar-refractivity contribution is 6.15. The van der Waals surface area contributed by atoms with Crippen LogP contribution in [0.15, 0.2) is 400 Å². The first-order valence-electron chi connectivity index (χ1n) is 43.9. The Hall–Kier alpha value is -15.2. The van der Waals surface area contributed by atoms with Gasteiger partial charge in [0.15, 0.2) is 0 Å². The Morgan fingerprint density at radius 2 is 0.405 bits per heavy atom. The van der Waals surface area contributed by atoms with Crippen LogP contribution in [-0.2, 0) is 0 Å². The Labute approximate surface area is 737 Å². The van der Waals surface area contributed by atoms with Crippen molar-refractivity contribution in [3.05, 3.63) is 467 Å². The summed E-state index contributed by atoms with van der Waals surface area (Å²) in [6.45, 7) is 25.9. The van der Waals surface area contributed by atoms with Gasteiger partial charge in [0, 0.05) is 98.8 Å². The van der Waals surface area contributed by atoms with Crippen molar-refractivity contribution in [1.29, 1.82) is 0 Å². The summed E-state index contributed by atoms with van der Waals surface area (Å²) in [4.78, 5) is 0. The maximum atomic E-state index is 2.40. The van der Waals surface area contributed by atoms with E-state index in [9.17, 15) is 0 Å². The van der Waals surface area contributed by atoms with Gasteiger partial charge in [-0.2, -0.15) is 0 Å². The Bertz CT molecular complexity index is 8120. The van der Waals surface area contributed by atoms with Gasteiger partial charge >= 0.3 is 0 Å². The number of aromatic nitrogens is 6. The van der Waals surface area contributed by atoms with Crippen molar-refractivity contribution in [2.45, 2.75) is 83.1 Å². The molecule has 0 radical (unpaired) electrons. The van der Waals surface area contributed by atoms with Gasteiger partial charge in [-0.25, -0.2) is 0 Å². The summed E-state index contributed by atoms with van der Waals surface area (Å²) in [5, 5.41) is 15.9. The van der Waals surface area contributed by atoms with Crippen LogP contribution in [0.5, 0.6) is 0 Å². The minimum Gasteiger partial charge on any atom is -0.309 e. The Morgan fingerprint density at radius 3 is 0.865 bits per heavy atom. The molecule has 612 valence electrons. The number of hydrogen-bond acceptors (Lipinski definition) is 0. The lowest BCUT2D eigenvalue weighted by Gasteiger charge is -2.10. The SMILES string of the molecule is Cc1ccc(-n2c3ccccc3c3c(C)cccc32)cc1.Cc1ccc(-n2c3ccccc3c3cc(C)ccc32)cc1.Cc1ccc(-n2c3ccccc3c3cccc(C)c32)cc1.Cc1ccc2c(c1)c1ccccc1n2-c1ccccc1C.Cc1cccc(-n2c3ccccc3c3cc(C)ccc32)c1.Cc1cccc2c3cccc(C)c3n(-c3ccccc3)c12. The molecule has 0 unspecified atom stereocenters. The summed E-state index contributed by atoms with van der Waals surface area (Å²) < 4.78 is 14.2. The molecule has 0 aliphatic carbocycles. The van der Waals surface area contributed by atoms with E-state index in [1.807, 2.05) is 0 Å². The van der Waals surface area contributed by atoms with E-state index in [1.165, 1.54) is 232 Å². The molecular formula is C120H102N6. The van der Waals surface area contributed by atoms with Crippen molar-refractivity contribution in [3.8, 4) is 34.1 Å². The molecule has 24 rings (SSSR count). The maximum absolute atomic E-state index is 2.40. The lowest BCUT2D eigenvalue weighted by atomic mass is 10.1. The normalized spacial score (nSPS) is 11.3. The van der Waals surface area contributed by atoms with E-state index in [2.05, 4.69) is 511 Å². The molecule has 0 saturated heterocycles. The highest BCUT2D eigenvalue weighted by Crippen LogP contribution is 2.41. The van der Waals surface area contributed by atoms with Gasteiger partial charge in [0.1, 0.15) is 0 Å². The zero-order valence-corrected chi connectivity index (χ0v) is 73.8. The van der Waals surface area contributed by atoms with E-state index in [0.717, 1.165) is 0 Å². The van der Waals surface area contributed by atoms with Crippen molar-refractivity contribution >= 4 is 131 Å². The van der Waals surface area contributed by atoms with E-state index in [0.29, 0.717) is 0 Å². The van der Waals surface area contributed by atoms with E-state index < -0.39 is 0 Å². The summed E-state index contributed by atoms with van der Waals surface area (Å²) in [5.41, 5.74) is 38.3. The average molecular weight is 1630 g/mol. The monoisotopic (exact) mass is 1630 g/mol. The molecule has 0 bridgehead atoms. The quantitative estimate of drug-likeness (QED) is 0.159. The number of nitrogens with zero attached hydrogens (tertiary/aromatic N) is 6. The van der Waals surface area contributed by atoms with E-state index in [-0.39, 0.29) is 0 Å². The predicted octanol–water partition coefficient (Wildman–Crippen LogP) is 32.4. The lowest BCUT2D eigenvalue weighted by Crippen LogP contribution is -1.96. The molecule has 126 heavy (non-hydrogen) atoms. The predicted molar refractivity (Wildman–Crippen MR) is 542 cm³/mol. The van der Waals surface area contributed by atoms with Gasteiger partial charge in [-0.05, 0) is 256 Å². The van der Waals surface area contributed by atoms with Gasteiger partial charge in [-0.3, -0.25) is 0 Å².